The molecule has 1 aromatic heterocycles. The number of aldehydes is 1. The van der Waals surface area contributed by atoms with Crippen molar-refractivity contribution in [2.24, 2.45) is 0 Å². The van der Waals surface area contributed by atoms with Crippen LogP contribution in [0.15, 0.2) is 25.3 Å². The minimum atomic E-state index is -0.0480. The zero-order valence-electron chi connectivity index (χ0n) is 8.63. The van der Waals surface area contributed by atoms with E-state index in [0.29, 0.717) is 6.29 Å². The molecular formula is C10H11N3O3. The molecule has 1 aromatic rings. The lowest BCUT2D eigenvalue weighted by molar-refractivity contribution is 0.111. The molecule has 84 valence electrons. The number of aromatic nitrogens is 3. The second-order valence-electron chi connectivity index (χ2n) is 2.58. The van der Waals surface area contributed by atoms with Crippen molar-refractivity contribution < 1.29 is 14.3 Å². The maximum atomic E-state index is 10.6. The Morgan fingerprint density at radius 3 is 1.88 bits per heavy atom. The lowest BCUT2D eigenvalue weighted by atomic mass is 10.6. The Morgan fingerprint density at radius 2 is 1.50 bits per heavy atom. The van der Waals surface area contributed by atoms with Gasteiger partial charge in [-0.2, -0.15) is 9.97 Å². The van der Waals surface area contributed by atoms with Crippen molar-refractivity contribution in [1.82, 2.24) is 15.0 Å². The fraction of sp³-hybridized carbons (Fsp3) is 0.200. The molecule has 0 aliphatic heterocycles. The van der Waals surface area contributed by atoms with E-state index in [1.807, 2.05) is 0 Å². The number of hydrogen-bond donors (Lipinski definition) is 0. The number of ether oxygens (including phenoxy) is 2. The third-order valence-electron chi connectivity index (χ3n) is 1.38. The maximum Gasteiger partial charge on any atom is 0.323 e. The van der Waals surface area contributed by atoms with Gasteiger partial charge in [0.1, 0.15) is 13.2 Å². The molecule has 6 nitrogen and oxygen atoms in total. The van der Waals surface area contributed by atoms with Gasteiger partial charge in [-0.15, -0.1) is 4.98 Å². The minimum Gasteiger partial charge on any atom is -0.459 e. The molecule has 0 bridgehead atoms. The van der Waals surface area contributed by atoms with Gasteiger partial charge in [0.2, 0.25) is 5.82 Å². The van der Waals surface area contributed by atoms with Crippen molar-refractivity contribution in [3.8, 4) is 12.0 Å². The standard InChI is InChI=1S/C10H11N3O3/c1-3-5-15-9-11-8(7-14)12-10(13-9)16-6-4-2/h3-4,7H,1-2,5-6H2. The third-order valence-corrected chi connectivity index (χ3v) is 1.38. The van der Waals surface area contributed by atoms with E-state index in [2.05, 4.69) is 28.1 Å². The first-order valence-corrected chi connectivity index (χ1v) is 4.48. The molecule has 0 saturated carbocycles. The number of carbonyl (C=O) groups is 1. The predicted molar refractivity (Wildman–Crippen MR) is 56.6 cm³/mol. The van der Waals surface area contributed by atoms with Crippen molar-refractivity contribution in [3.05, 3.63) is 31.1 Å². The number of carbonyl (C=O) groups excluding carboxylic acids is 1. The molecule has 0 unspecified atom stereocenters. The normalized spacial score (nSPS) is 9.25. The van der Waals surface area contributed by atoms with E-state index in [-0.39, 0.29) is 31.1 Å². The lowest BCUT2D eigenvalue weighted by Gasteiger charge is -2.04. The molecule has 0 radical (unpaired) electrons. The van der Waals surface area contributed by atoms with Crippen LogP contribution in [0.2, 0.25) is 0 Å². The van der Waals surface area contributed by atoms with Crippen molar-refractivity contribution >= 4 is 6.29 Å². The van der Waals surface area contributed by atoms with Crippen LogP contribution in [0.1, 0.15) is 10.6 Å². The highest BCUT2D eigenvalue weighted by atomic mass is 16.5. The third kappa shape index (κ3) is 3.49. The van der Waals surface area contributed by atoms with Gasteiger partial charge in [-0.25, -0.2) is 0 Å². The summed E-state index contributed by atoms with van der Waals surface area (Å²) in [6.45, 7) is 7.44. The van der Waals surface area contributed by atoms with Crippen LogP contribution in [0, 0.1) is 0 Å². The second-order valence-corrected chi connectivity index (χ2v) is 2.58. The van der Waals surface area contributed by atoms with Gasteiger partial charge < -0.3 is 9.47 Å². The Kier molecular flexibility index (Phi) is 4.65. The van der Waals surface area contributed by atoms with E-state index in [1.165, 1.54) is 12.2 Å². The van der Waals surface area contributed by atoms with Gasteiger partial charge in [-0.05, 0) is 0 Å². The van der Waals surface area contributed by atoms with Gasteiger partial charge in [-0.1, -0.05) is 25.3 Å². The Hall–Kier alpha value is -2.24. The summed E-state index contributed by atoms with van der Waals surface area (Å²) in [5, 5.41) is 0. The second kappa shape index (κ2) is 6.28. The Balaban J connectivity index is 2.86. The predicted octanol–water partition coefficient (Wildman–Crippen LogP) is 0.814. The average molecular weight is 221 g/mol. The molecule has 0 spiro atoms. The number of nitrogens with zero attached hydrogens (tertiary/aromatic N) is 3. The summed E-state index contributed by atoms with van der Waals surface area (Å²) in [4.78, 5) is 21.9. The van der Waals surface area contributed by atoms with E-state index >= 15 is 0 Å². The van der Waals surface area contributed by atoms with Gasteiger partial charge in [0.15, 0.2) is 6.29 Å². The molecule has 0 aliphatic carbocycles. The summed E-state index contributed by atoms with van der Waals surface area (Å²) >= 11 is 0. The van der Waals surface area contributed by atoms with Crippen LogP contribution < -0.4 is 9.47 Å². The summed E-state index contributed by atoms with van der Waals surface area (Å²) in [6.07, 6.45) is 3.56. The first-order valence-electron chi connectivity index (χ1n) is 4.48. The van der Waals surface area contributed by atoms with Gasteiger partial charge in [0, 0.05) is 0 Å². The number of hydrogen-bond acceptors (Lipinski definition) is 6. The zero-order chi connectivity index (χ0) is 11.8. The van der Waals surface area contributed by atoms with Crippen LogP contribution in [-0.2, 0) is 0 Å². The SMILES string of the molecule is C=CCOc1nc(C=O)nc(OCC=C)n1. The molecule has 16 heavy (non-hydrogen) atoms. The van der Waals surface area contributed by atoms with Crippen LogP contribution in [0.25, 0.3) is 0 Å². The molecule has 0 fully saturated rings. The van der Waals surface area contributed by atoms with Crippen molar-refractivity contribution in [3.63, 3.8) is 0 Å². The highest BCUT2D eigenvalue weighted by Crippen LogP contribution is 2.08. The van der Waals surface area contributed by atoms with Gasteiger partial charge in [0.25, 0.3) is 0 Å². The van der Waals surface area contributed by atoms with Crippen LogP contribution in [0.4, 0.5) is 0 Å². The largest absolute Gasteiger partial charge is 0.459 e. The van der Waals surface area contributed by atoms with E-state index in [9.17, 15) is 4.79 Å². The molecule has 1 rings (SSSR count). The molecule has 0 amide bonds. The molecule has 0 aliphatic rings. The summed E-state index contributed by atoms with van der Waals surface area (Å²) in [6, 6.07) is 0.0483. The fourth-order valence-electron chi connectivity index (χ4n) is 0.802. The molecule has 6 heteroatoms. The average Bonchev–Trinajstić information content (AvgIpc) is 2.33. The summed E-state index contributed by atoms with van der Waals surface area (Å²) in [7, 11) is 0. The highest BCUT2D eigenvalue weighted by molar-refractivity contribution is 5.68. The van der Waals surface area contributed by atoms with Crippen LogP contribution in [0.5, 0.6) is 12.0 Å². The Bertz CT molecular complexity index is 363. The highest BCUT2D eigenvalue weighted by Gasteiger charge is 2.07. The van der Waals surface area contributed by atoms with Crippen molar-refractivity contribution in [1.29, 1.82) is 0 Å². The first-order chi connectivity index (χ1) is 7.80. The van der Waals surface area contributed by atoms with E-state index in [4.69, 9.17) is 9.47 Å². The van der Waals surface area contributed by atoms with Gasteiger partial charge >= 0.3 is 12.0 Å². The van der Waals surface area contributed by atoms with E-state index < -0.39 is 0 Å². The summed E-state index contributed by atoms with van der Waals surface area (Å²) < 4.78 is 10.1. The maximum absolute atomic E-state index is 10.6. The Morgan fingerprint density at radius 1 is 1.00 bits per heavy atom. The fourth-order valence-corrected chi connectivity index (χ4v) is 0.802. The van der Waals surface area contributed by atoms with E-state index in [0.717, 1.165) is 0 Å². The molecule has 0 N–H and O–H groups in total. The van der Waals surface area contributed by atoms with Crippen LogP contribution >= 0.6 is 0 Å². The molecule has 1 heterocycles. The summed E-state index contributed by atoms with van der Waals surface area (Å²) in [5.74, 6) is -0.0480. The minimum absolute atomic E-state index is 0.0241. The summed E-state index contributed by atoms with van der Waals surface area (Å²) in [5.41, 5.74) is 0. The number of rotatable bonds is 7. The molecule has 0 atom stereocenters. The van der Waals surface area contributed by atoms with Gasteiger partial charge in [-0.3, -0.25) is 4.79 Å². The van der Waals surface area contributed by atoms with Crippen LogP contribution in [-0.4, -0.2) is 34.5 Å². The molecule has 0 saturated heterocycles. The monoisotopic (exact) mass is 221 g/mol. The van der Waals surface area contributed by atoms with Gasteiger partial charge in [0.05, 0.1) is 0 Å². The van der Waals surface area contributed by atoms with Crippen molar-refractivity contribution in [2.75, 3.05) is 13.2 Å². The Labute approximate surface area is 92.7 Å². The van der Waals surface area contributed by atoms with E-state index in [1.54, 1.807) is 0 Å². The zero-order valence-corrected chi connectivity index (χ0v) is 8.63. The molecule has 0 aromatic carbocycles. The first kappa shape index (κ1) is 11.8. The van der Waals surface area contributed by atoms with Crippen LogP contribution in [0.3, 0.4) is 0 Å². The van der Waals surface area contributed by atoms with Crippen molar-refractivity contribution in [2.45, 2.75) is 0 Å². The smallest absolute Gasteiger partial charge is 0.323 e. The molecular weight excluding hydrogens is 210 g/mol. The topological polar surface area (TPSA) is 74.2 Å². The quantitative estimate of drug-likeness (QED) is 0.501. The lowest BCUT2D eigenvalue weighted by Crippen LogP contribution is -2.07.